The van der Waals surface area contributed by atoms with Crippen molar-refractivity contribution in [1.82, 2.24) is 121 Å². The van der Waals surface area contributed by atoms with Gasteiger partial charge in [0, 0.05) is 120 Å². The molecule has 0 amide bonds. The largest absolute Gasteiger partial charge is 0.379 e. The van der Waals surface area contributed by atoms with Crippen LogP contribution in [-0.4, -0.2) is 153 Å². The molecule has 1 fully saturated rings. The molecule has 15 aromatic heterocycles. The summed E-state index contributed by atoms with van der Waals surface area (Å²) in [6.07, 6.45) is 32.6. The maximum atomic E-state index is 15.0. The number of benzene rings is 8. The number of halogens is 1. The first-order valence-electron chi connectivity index (χ1n) is 47.5. The lowest BCUT2D eigenvalue weighted by Crippen LogP contribution is -2.46. The lowest BCUT2D eigenvalue weighted by atomic mass is 9.82. The van der Waals surface area contributed by atoms with Gasteiger partial charge in [-0.3, -0.25) is 35.1 Å². The van der Waals surface area contributed by atoms with E-state index in [2.05, 4.69) is 191 Å². The first-order valence-corrected chi connectivity index (χ1v) is 49.9. The van der Waals surface area contributed by atoms with Crippen LogP contribution in [0.2, 0.25) is 0 Å². The minimum Gasteiger partial charge on any atom is -0.379 e. The summed E-state index contributed by atoms with van der Waals surface area (Å²) in [5, 5.41) is 64.7. The number of hydrogen-bond acceptors (Lipinski definition) is 24. The Labute approximate surface area is 794 Å². The van der Waals surface area contributed by atoms with E-state index >= 15 is 0 Å². The number of aromatic amines is 6. The Morgan fingerprint density at radius 2 is 0.825 bits per heavy atom. The van der Waals surface area contributed by atoms with Gasteiger partial charge >= 0.3 is 0 Å². The highest BCUT2D eigenvalue weighted by Gasteiger charge is 2.34. The molecule has 1 atom stereocenters. The Balaban J connectivity index is 0.0000000910. The molecule has 1 saturated heterocycles. The Kier molecular flexibility index (Phi) is 21.1. The number of morpholine rings is 1. The Morgan fingerprint density at radius 1 is 0.394 bits per heavy atom. The molecule has 0 saturated carbocycles. The van der Waals surface area contributed by atoms with Gasteiger partial charge in [-0.1, -0.05) is 66.1 Å². The number of rotatable bonds is 7. The fraction of sp³-hybridized carbons (Fsp3) is 0.276. The van der Waals surface area contributed by atoms with Gasteiger partial charge < -0.3 is 21.9 Å². The smallest absolute Gasteiger partial charge is 0.181 e. The second-order valence-corrected chi connectivity index (χ2v) is 40.4. The predicted molar refractivity (Wildman–Crippen MR) is 547 cm³/mol. The number of H-pyrrole nitrogens is 6. The maximum absolute atomic E-state index is 15.0. The number of aromatic nitrogens is 23. The number of pyridine rings is 5. The Hall–Kier alpha value is -14.6. The van der Waals surface area contributed by atoms with E-state index < -0.39 is 0 Å². The number of hydrogen-bond donors (Lipinski definition) is 9. The molecular weight excluding hydrogens is 1770 g/mol. The minimum atomic E-state index is -0.315. The van der Waals surface area contributed by atoms with E-state index in [1.807, 2.05) is 67.0 Å². The van der Waals surface area contributed by atoms with Gasteiger partial charge in [0.25, 0.3) is 0 Å². The van der Waals surface area contributed by atoms with Crippen LogP contribution in [0.3, 0.4) is 0 Å². The van der Waals surface area contributed by atoms with Crippen molar-refractivity contribution in [3.8, 4) is 56.3 Å². The highest BCUT2D eigenvalue weighted by molar-refractivity contribution is 7.22. The number of thiazole rings is 3. The maximum Gasteiger partial charge on any atom is 0.181 e. The van der Waals surface area contributed by atoms with Crippen LogP contribution in [0.5, 0.6) is 0 Å². The molecule has 5 aliphatic carbocycles. The van der Waals surface area contributed by atoms with Gasteiger partial charge in [0.1, 0.15) is 16.6 Å². The third kappa shape index (κ3) is 14.8. The van der Waals surface area contributed by atoms with E-state index in [0.717, 1.165) is 262 Å². The number of nitrogens with zero attached hydrogens (tertiary/aromatic N) is 18. The van der Waals surface area contributed by atoms with Gasteiger partial charge in [-0.2, -0.15) is 46.0 Å². The predicted octanol–water partition coefficient (Wildman–Crippen LogP) is 21.6. The summed E-state index contributed by atoms with van der Waals surface area (Å²) in [6.45, 7) is 10.2. The number of aryl methyl sites for hydroxylation is 7. The van der Waals surface area contributed by atoms with Crippen molar-refractivity contribution < 1.29 is 9.13 Å². The molecule has 29 rings (SSSR count). The van der Waals surface area contributed by atoms with Gasteiger partial charge in [-0.25, -0.2) is 44.3 Å². The highest BCUT2D eigenvalue weighted by Crippen LogP contribution is 2.48. The van der Waals surface area contributed by atoms with Crippen LogP contribution in [0.15, 0.2) is 146 Å². The summed E-state index contributed by atoms with van der Waals surface area (Å²) >= 11 is 4.52. The van der Waals surface area contributed by atoms with Crippen LogP contribution in [0.25, 0.3) is 196 Å². The van der Waals surface area contributed by atoms with Crippen LogP contribution >= 0.6 is 34.0 Å². The molecule has 0 radical (unpaired) electrons. The minimum absolute atomic E-state index is 0.315. The number of nitrogen functional groups attached to an aromatic ring is 3. The van der Waals surface area contributed by atoms with Crippen molar-refractivity contribution >= 4 is 189 Å². The molecule has 137 heavy (non-hydrogen) atoms. The molecule has 16 heterocycles. The van der Waals surface area contributed by atoms with Crippen molar-refractivity contribution in [3.05, 3.63) is 219 Å². The van der Waals surface area contributed by atoms with Crippen LogP contribution in [0.4, 0.5) is 19.8 Å². The summed E-state index contributed by atoms with van der Waals surface area (Å²) in [5.41, 5.74) is 57.5. The molecule has 32 heteroatoms. The van der Waals surface area contributed by atoms with E-state index in [9.17, 15) is 4.39 Å². The highest BCUT2D eigenvalue weighted by atomic mass is 32.1. The Morgan fingerprint density at radius 3 is 1.37 bits per heavy atom. The van der Waals surface area contributed by atoms with Gasteiger partial charge in [0.05, 0.1) is 154 Å². The summed E-state index contributed by atoms with van der Waals surface area (Å²) in [5.74, 6) is 0.0788. The van der Waals surface area contributed by atoms with Crippen molar-refractivity contribution in [2.45, 2.75) is 155 Å². The zero-order valence-corrected chi connectivity index (χ0v) is 78.5. The first-order chi connectivity index (χ1) is 67.2. The average Bonchev–Trinajstić information content (AvgIpc) is 1.75. The molecular formula is C105H96FN27OS3. The van der Waals surface area contributed by atoms with Crippen molar-refractivity contribution in [1.29, 1.82) is 0 Å². The molecule has 8 aromatic carbocycles. The molecule has 6 aliphatic rings. The molecule has 0 spiro atoms. The third-order valence-corrected chi connectivity index (χ3v) is 31.5. The molecule has 23 aromatic rings. The summed E-state index contributed by atoms with van der Waals surface area (Å²) in [6, 6.07) is 37.5. The normalized spacial score (nSPS) is 15.6. The molecule has 0 bridgehead atoms. The molecule has 1 aliphatic heterocycles. The molecule has 28 nitrogen and oxygen atoms in total. The second kappa shape index (κ2) is 34.4. The van der Waals surface area contributed by atoms with Gasteiger partial charge in [-0.15, -0.1) is 0 Å². The van der Waals surface area contributed by atoms with Crippen molar-refractivity contribution in [3.63, 3.8) is 0 Å². The number of nitrogens with one attached hydrogen (secondary N) is 6. The number of fused-ring (bicyclic) bond motifs is 28. The van der Waals surface area contributed by atoms with Gasteiger partial charge in [-0.05, 0) is 275 Å². The van der Waals surface area contributed by atoms with E-state index in [-0.39, 0.29) is 5.82 Å². The fourth-order valence-electron chi connectivity index (χ4n) is 22.6. The summed E-state index contributed by atoms with van der Waals surface area (Å²) < 4.78 is 25.7. The lowest BCUT2D eigenvalue weighted by molar-refractivity contribution is 0.0138. The van der Waals surface area contributed by atoms with E-state index in [1.165, 1.54) is 179 Å². The summed E-state index contributed by atoms with van der Waals surface area (Å²) in [7, 11) is 2.00. The van der Waals surface area contributed by atoms with E-state index in [4.69, 9.17) is 46.9 Å². The zero-order valence-electron chi connectivity index (χ0n) is 76.1. The first kappa shape index (κ1) is 84.2. The van der Waals surface area contributed by atoms with Crippen LogP contribution in [0, 0.1) is 12.7 Å². The van der Waals surface area contributed by atoms with Gasteiger partial charge in [0.2, 0.25) is 0 Å². The van der Waals surface area contributed by atoms with Crippen LogP contribution in [0.1, 0.15) is 145 Å². The SMILES string of the molecule is CC(C)c1[nH]ncc1-c1nc2ccc3[nH]ncc3c2c2c1CCCC2.Cc1[nH]ncc1-c1nc2ccc3[nH]ncc3c2c2c1CC(N1CCOCC1)CC2.Cn1ncc2c3c4c(c(-c5ccc6nc(N)sc6c5)nc3ccc21)CCCC4.Nc1nc2ccc(-c3nc4c(F)cc5[nH]ncc5c4c4c3CCCC4)cc2s1.Nc1nc2ccc(-c3nc4ccc5n[nH]nc5c4c4c3CCCC4)cc2s1. The third-order valence-electron chi connectivity index (χ3n) is 28.9. The number of nitrogens with two attached hydrogens (primary N) is 3. The zero-order chi connectivity index (χ0) is 92.0. The number of anilines is 3. The van der Waals surface area contributed by atoms with Crippen LogP contribution < -0.4 is 17.2 Å². The van der Waals surface area contributed by atoms with Gasteiger partial charge in [0.15, 0.2) is 21.2 Å². The van der Waals surface area contributed by atoms with Crippen molar-refractivity contribution in [2.24, 2.45) is 7.05 Å². The monoisotopic (exact) mass is 1870 g/mol. The Bertz CT molecular complexity index is 8780. The standard InChI is InChI=1S/C22H24N6O.C22H19N5S.C21H16FN5S.C20H16N6S.C20H21N5/c1-13-17(11-23-26-13)22-16-10-14(28-6-8-29-9-7-28)2-3-15(16)21-18-12-24-27-19(18)4-5-20(21)25-22;1-27-18-9-8-17-20(15(18)11-24-27)13-4-2-3-5-14(13)21(25-17)12-6-7-16-19(10-12)28-22(23)26-16;22-14-8-16-13(9-24-27-16)18-11-3-1-2-4-12(11)19(26-20(14)18)10-5-6-15-17(7-10)28-21(23)25-15;21-20-23-13-6-5-10(9-16(13)27-20)18-12-4-2-1-3-11(12)17-14(22-18)7-8-15-19(17)25-26-24-15;1-11(2)19-15(10-22-25-19)20-13-6-4-3-5-12(13)18-14-9-21-24-16(14)7-8-17(18)23-20/h4-5,11-12,14H,2-3,6-10H2,1H3,(H,23,26)(H,24,27);6-11H,2-5H2,1H3,(H2,23,26);5-9H,1-4H2,(H2,23,25)(H,24,27);5-9H,1-4H2,(H2,21,23)(H,24,25,26);7-11H,3-6H2,1-2H3,(H,21,24)(H,22,25). The molecule has 682 valence electrons. The lowest BCUT2D eigenvalue weighted by Gasteiger charge is -2.38. The quantitative estimate of drug-likeness (QED) is 0.0715. The fourth-order valence-corrected chi connectivity index (χ4v) is 24.9. The van der Waals surface area contributed by atoms with E-state index in [1.54, 1.807) is 6.20 Å². The van der Waals surface area contributed by atoms with E-state index in [0.29, 0.717) is 38.4 Å². The average molecular weight is 1870 g/mol. The second-order valence-electron chi connectivity index (χ2n) is 37.2. The molecule has 12 N–H and O–H groups in total. The topological polar surface area (TPSA) is 396 Å². The number of ether oxygens (including phenoxy) is 1. The van der Waals surface area contributed by atoms with Crippen molar-refractivity contribution in [2.75, 3.05) is 43.5 Å². The summed E-state index contributed by atoms with van der Waals surface area (Å²) in [4.78, 5) is 41.0. The molecule has 1 unspecified atom stereocenters. The van der Waals surface area contributed by atoms with Crippen LogP contribution in [-0.2, 0) is 76.0 Å².